The van der Waals surface area contributed by atoms with Crippen molar-refractivity contribution in [3.05, 3.63) is 11.1 Å². The number of fused-ring (bicyclic) bond motifs is 4. The number of carbonyl (C=O) groups is 1. The number of aliphatic hydroxyl groups is 3. The van der Waals surface area contributed by atoms with Gasteiger partial charge in [-0.3, -0.25) is 4.79 Å². The Kier molecular flexibility index (Phi) is 5.19. The summed E-state index contributed by atoms with van der Waals surface area (Å²) in [5.74, 6) is -0.607. The van der Waals surface area contributed by atoms with Crippen molar-refractivity contribution < 1.29 is 73.7 Å². The first-order chi connectivity index (χ1) is 13.0. The van der Waals surface area contributed by atoms with E-state index in [0.717, 1.165) is 5.57 Å². The van der Waals surface area contributed by atoms with Crippen molar-refractivity contribution >= 4 is 5.78 Å². The van der Waals surface area contributed by atoms with E-state index in [1.807, 2.05) is 27.7 Å². The smallest absolute Gasteiger partial charge is 0.172 e. The molecule has 0 aromatic carbocycles. The van der Waals surface area contributed by atoms with Crippen LogP contribution in [0.2, 0.25) is 0 Å². The fourth-order valence-corrected chi connectivity index (χ4v) is 7.77. The minimum absolute atomic E-state index is 0. The quantitative estimate of drug-likeness (QED) is 0.383. The van der Waals surface area contributed by atoms with Crippen LogP contribution in [0.3, 0.4) is 0 Å². The summed E-state index contributed by atoms with van der Waals surface area (Å²) >= 11 is 0. The third-order valence-electron chi connectivity index (χ3n) is 9.45. The number of ether oxygens (including phenoxy) is 2. The second kappa shape index (κ2) is 6.59. The summed E-state index contributed by atoms with van der Waals surface area (Å²) in [5, 5.41) is 34.5. The second-order valence-corrected chi connectivity index (χ2v) is 10.6. The summed E-state index contributed by atoms with van der Waals surface area (Å²) in [6.45, 7) is 7.88. The Morgan fingerprint density at radius 3 is 2.41 bits per heavy atom. The van der Waals surface area contributed by atoms with Crippen molar-refractivity contribution in [2.24, 2.45) is 28.6 Å². The minimum Gasteiger partial charge on any atom is -0.389 e. The van der Waals surface area contributed by atoms with E-state index in [1.165, 1.54) is 7.11 Å². The van der Waals surface area contributed by atoms with E-state index >= 15 is 0 Å². The maximum atomic E-state index is 14.0. The zero-order chi connectivity index (χ0) is 20.4. The summed E-state index contributed by atoms with van der Waals surface area (Å²) in [6, 6.07) is 0. The van der Waals surface area contributed by atoms with E-state index in [-0.39, 0.29) is 80.8 Å². The largest absolute Gasteiger partial charge is 0.389 e. The van der Waals surface area contributed by atoms with E-state index < -0.39 is 40.2 Å². The summed E-state index contributed by atoms with van der Waals surface area (Å²) in [5.41, 5.74) is -2.37. The van der Waals surface area contributed by atoms with Gasteiger partial charge in [-0.05, 0) is 42.7 Å². The Morgan fingerprint density at radius 2 is 1.86 bits per heavy atom. The molecule has 1 aliphatic heterocycles. The van der Waals surface area contributed by atoms with Gasteiger partial charge in [-0.2, -0.15) is 0 Å². The van der Waals surface area contributed by atoms with Crippen LogP contribution < -0.4 is 0 Å². The molecule has 9 atom stereocenters. The Hall–Kier alpha value is 0.652. The molecule has 5 unspecified atom stereocenters. The molecule has 5 aliphatic rings. The van der Waals surface area contributed by atoms with Crippen LogP contribution in [0, 0.1) is 72.6 Å². The topological polar surface area (TPSA) is 96.2 Å². The second-order valence-electron chi connectivity index (χ2n) is 10.6. The average Bonchev–Trinajstić information content (AvgIpc) is 3.34. The number of hydrogen-bond acceptors (Lipinski definition) is 6. The number of Topliss-reactive ketones (excluding diaryl/α,β-unsaturated/α-hetero) is 1. The van der Waals surface area contributed by atoms with Crippen LogP contribution in [-0.2, 0) is 14.3 Å². The number of methoxy groups -OCH3 is 1. The predicted octanol–water partition coefficient (Wildman–Crippen LogP) is 1.21. The summed E-state index contributed by atoms with van der Waals surface area (Å²) < 4.78 is 11.5. The maximum Gasteiger partial charge on any atom is 0.172 e. The molecular formula is C22H32AcO6. The Balaban J connectivity index is 0.00000205. The van der Waals surface area contributed by atoms with Gasteiger partial charge in [-0.15, -0.1) is 0 Å². The number of ketones is 1. The van der Waals surface area contributed by atoms with Gasteiger partial charge in [0.05, 0.1) is 24.4 Å². The molecule has 3 saturated carbocycles. The van der Waals surface area contributed by atoms with Gasteiger partial charge in [-0.25, -0.2) is 0 Å². The van der Waals surface area contributed by atoms with Crippen LogP contribution in [0.15, 0.2) is 11.1 Å². The standard InChI is InChI=1S/C22H32O6.Ac/c1-10-13(23)8-22(26)11(2)17-20(7-12(20)6-14-21(17,25)9-28-14)18(24)16(27-5)15(10)19(22,3)4;/h11-14,16-17,23,25-26H,6-9H2,1-5H3;/t11-,12+,13?,14?,16?,17?,20+,21-,22?;/m0./s1. The van der Waals surface area contributed by atoms with Gasteiger partial charge in [0.15, 0.2) is 5.78 Å². The first kappa shape index (κ1) is 22.8. The van der Waals surface area contributed by atoms with Gasteiger partial charge in [0, 0.05) is 74.3 Å². The molecule has 29 heavy (non-hydrogen) atoms. The number of aliphatic hydroxyl groups excluding tert-OH is 1. The summed E-state index contributed by atoms with van der Waals surface area (Å²) in [7, 11) is 1.53. The molecule has 0 aromatic heterocycles. The minimum atomic E-state index is -1.27. The molecule has 1 radical (unpaired) electrons. The number of rotatable bonds is 1. The predicted molar refractivity (Wildman–Crippen MR) is 100 cm³/mol. The molecule has 1 spiro atoms. The van der Waals surface area contributed by atoms with E-state index in [1.54, 1.807) is 0 Å². The molecule has 7 heteroatoms. The van der Waals surface area contributed by atoms with Gasteiger partial charge in [-0.1, -0.05) is 20.8 Å². The van der Waals surface area contributed by atoms with Crippen molar-refractivity contribution in [3.63, 3.8) is 0 Å². The van der Waals surface area contributed by atoms with Crippen LogP contribution in [0.25, 0.3) is 0 Å². The van der Waals surface area contributed by atoms with Gasteiger partial charge in [0.25, 0.3) is 0 Å². The Morgan fingerprint density at radius 1 is 1.21 bits per heavy atom. The molecule has 1 heterocycles. The van der Waals surface area contributed by atoms with Crippen molar-refractivity contribution in [1.82, 2.24) is 0 Å². The molecule has 3 N–H and O–H groups in total. The first-order valence-corrected chi connectivity index (χ1v) is 10.5. The monoisotopic (exact) mass is 619 g/mol. The van der Waals surface area contributed by atoms with Gasteiger partial charge < -0.3 is 24.8 Å². The average molecular weight is 619 g/mol. The van der Waals surface area contributed by atoms with Crippen LogP contribution in [0.4, 0.5) is 0 Å². The molecule has 0 aromatic rings. The number of hydrogen-bond donors (Lipinski definition) is 3. The first-order valence-electron chi connectivity index (χ1n) is 10.5. The fourth-order valence-electron chi connectivity index (χ4n) is 7.77. The zero-order valence-electron chi connectivity index (χ0n) is 17.9. The van der Waals surface area contributed by atoms with Crippen LogP contribution >= 0.6 is 0 Å². The third-order valence-corrected chi connectivity index (χ3v) is 9.45. The van der Waals surface area contributed by atoms with E-state index in [2.05, 4.69) is 0 Å². The van der Waals surface area contributed by atoms with Crippen molar-refractivity contribution in [1.29, 1.82) is 0 Å². The molecular weight excluding hydrogens is 587 g/mol. The van der Waals surface area contributed by atoms with Crippen molar-refractivity contribution in [2.75, 3.05) is 13.7 Å². The van der Waals surface area contributed by atoms with Crippen molar-refractivity contribution in [3.8, 4) is 0 Å². The molecule has 4 fully saturated rings. The third kappa shape index (κ3) is 2.42. The normalized spacial score (nSPS) is 54.7. The summed E-state index contributed by atoms with van der Waals surface area (Å²) in [6.07, 6.45) is -0.321. The molecule has 159 valence electrons. The molecule has 6 nitrogen and oxygen atoms in total. The van der Waals surface area contributed by atoms with E-state index in [9.17, 15) is 20.1 Å². The molecule has 4 aliphatic carbocycles. The van der Waals surface area contributed by atoms with Crippen LogP contribution in [0.1, 0.15) is 47.0 Å². The van der Waals surface area contributed by atoms with Crippen LogP contribution in [-0.4, -0.2) is 64.3 Å². The van der Waals surface area contributed by atoms with Gasteiger partial charge in [0.2, 0.25) is 0 Å². The maximum absolute atomic E-state index is 14.0. The van der Waals surface area contributed by atoms with Crippen LogP contribution in [0.5, 0.6) is 0 Å². The molecule has 1 saturated heterocycles. The zero-order valence-corrected chi connectivity index (χ0v) is 22.7. The number of carbonyl (C=O) groups excluding carboxylic acids is 1. The molecule has 2 bridgehead atoms. The van der Waals surface area contributed by atoms with Crippen molar-refractivity contribution in [2.45, 2.75) is 76.5 Å². The van der Waals surface area contributed by atoms with Gasteiger partial charge >= 0.3 is 0 Å². The van der Waals surface area contributed by atoms with E-state index in [4.69, 9.17) is 9.47 Å². The Bertz CT molecular complexity index is 794. The summed E-state index contributed by atoms with van der Waals surface area (Å²) in [4.78, 5) is 14.0. The Labute approximate surface area is 208 Å². The fraction of sp³-hybridized carbons (Fsp3) is 0.864. The van der Waals surface area contributed by atoms with Gasteiger partial charge in [0.1, 0.15) is 11.7 Å². The molecule has 5 rings (SSSR count). The van der Waals surface area contributed by atoms with E-state index in [0.29, 0.717) is 18.4 Å². The SMILES string of the molecule is COC1C(=O)[C@]23C[C@H]2CC2OC[C@@]2(O)C3[C@H](C)C2(O)CC(O)C(C)=C1C2(C)C.[Ac]. The molecule has 0 amide bonds.